The third kappa shape index (κ3) is 34.8. The standard InChI is InChI=1S/C55H96O12/c1-4-7-10-13-16-19-21-23-24-26-28-31-34-37-40-43-49(58)66-53-51(60)50(59)52(54(61)62)67-55(53)64-45-46(65-48(57)42-39-36-33-29-18-15-12-9-6-3)44-63-47(56)41-38-35-32-30-27-25-22-20-17-14-11-8-5-2/h16,19-20,22-24,46,50-53,55,59-60H,4-15,17-18,21,25-45H2,1-3H3,(H,61,62)/b19-16-,22-20-,24-23-. The lowest BCUT2D eigenvalue weighted by molar-refractivity contribution is -0.301. The van der Waals surface area contributed by atoms with Crippen LogP contribution in [0.3, 0.4) is 0 Å². The summed E-state index contributed by atoms with van der Waals surface area (Å²) in [6.45, 7) is 5.90. The smallest absolute Gasteiger partial charge is 0.335 e. The zero-order chi connectivity index (χ0) is 49.0. The van der Waals surface area contributed by atoms with Crippen molar-refractivity contribution < 1.29 is 58.2 Å². The minimum atomic E-state index is -1.90. The molecule has 0 amide bonds. The molecule has 388 valence electrons. The maximum absolute atomic E-state index is 13.0. The van der Waals surface area contributed by atoms with Crippen LogP contribution < -0.4 is 0 Å². The summed E-state index contributed by atoms with van der Waals surface area (Å²) in [6.07, 6.45) is 37.0. The first-order valence-corrected chi connectivity index (χ1v) is 27.0. The van der Waals surface area contributed by atoms with Gasteiger partial charge in [-0.3, -0.25) is 14.4 Å². The number of aliphatic hydroxyl groups excluding tert-OH is 2. The number of esters is 3. The summed E-state index contributed by atoms with van der Waals surface area (Å²) in [5.74, 6) is -3.14. The van der Waals surface area contributed by atoms with Crippen LogP contribution in [0, 0.1) is 0 Å². The summed E-state index contributed by atoms with van der Waals surface area (Å²) in [6, 6.07) is 0. The van der Waals surface area contributed by atoms with Crippen LogP contribution in [0.15, 0.2) is 36.5 Å². The number of rotatable bonds is 45. The average molecular weight is 949 g/mol. The van der Waals surface area contributed by atoms with E-state index in [4.69, 9.17) is 23.7 Å². The fraction of sp³-hybridized carbons (Fsp3) is 0.818. The number of allylic oxidation sites excluding steroid dienone is 6. The first-order valence-electron chi connectivity index (χ1n) is 27.0. The van der Waals surface area contributed by atoms with Gasteiger partial charge in [-0.25, -0.2) is 4.79 Å². The van der Waals surface area contributed by atoms with E-state index in [9.17, 15) is 34.5 Å². The molecule has 0 aromatic heterocycles. The van der Waals surface area contributed by atoms with E-state index < -0.39 is 67.3 Å². The Balaban J connectivity index is 2.71. The maximum atomic E-state index is 13.0. The maximum Gasteiger partial charge on any atom is 0.335 e. The van der Waals surface area contributed by atoms with Crippen LogP contribution in [0.5, 0.6) is 0 Å². The number of aliphatic carboxylic acids is 1. The zero-order valence-corrected chi connectivity index (χ0v) is 42.4. The van der Waals surface area contributed by atoms with E-state index in [0.717, 1.165) is 103 Å². The van der Waals surface area contributed by atoms with Gasteiger partial charge < -0.3 is 39.0 Å². The number of carbonyl (C=O) groups is 4. The molecule has 1 heterocycles. The van der Waals surface area contributed by atoms with Gasteiger partial charge in [0.15, 0.2) is 24.6 Å². The second-order valence-corrected chi connectivity index (χ2v) is 18.5. The highest BCUT2D eigenvalue weighted by atomic mass is 16.7. The quantitative estimate of drug-likeness (QED) is 0.0228. The summed E-state index contributed by atoms with van der Waals surface area (Å²) >= 11 is 0. The molecule has 0 aliphatic carbocycles. The normalized spacial score (nSPS) is 19.1. The Morgan fingerprint density at radius 1 is 0.493 bits per heavy atom. The first-order chi connectivity index (χ1) is 32.6. The third-order valence-corrected chi connectivity index (χ3v) is 12.2. The number of carboxylic acid groups (broad SMARTS) is 1. The molecule has 0 aromatic carbocycles. The highest BCUT2D eigenvalue weighted by molar-refractivity contribution is 5.74. The molecule has 3 N–H and O–H groups in total. The van der Waals surface area contributed by atoms with Gasteiger partial charge in [0.25, 0.3) is 0 Å². The van der Waals surface area contributed by atoms with Crippen molar-refractivity contribution in [2.45, 2.75) is 276 Å². The Morgan fingerprint density at radius 2 is 0.896 bits per heavy atom. The molecule has 0 bridgehead atoms. The molecule has 12 nitrogen and oxygen atoms in total. The van der Waals surface area contributed by atoms with Gasteiger partial charge in [0, 0.05) is 19.3 Å². The minimum Gasteiger partial charge on any atom is -0.479 e. The Labute approximate surface area is 406 Å². The van der Waals surface area contributed by atoms with Crippen LogP contribution in [0.2, 0.25) is 0 Å². The number of carbonyl (C=O) groups excluding carboxylic acids is 3. The van der Waals surface area contributed by atoms with Gasteiger partial charge in [-0.2, -0.15) is 0 Å². The van der Waals surface area contributed by atoms with E-state index in [0.29, 0.717) is 19.3 Å². The van der Waals surface area contributed by atoms with Crippen molar-refractivity contribution in [3.8, 4) is 0 Å². The fourth-order valence-electron chi connectivity index (χ4n) is 7.98. The number of carboxylic acids is 1. The summed E-state index contributed by atoms with van der Waals surface area (Å²) in [5.41, 5.74) is 0. The lowest BCUT2D eigenvalue weighted by Crippen LogP contribution is -2.61. The molecule has 0 saturated carbocycles. The second-order valence-electron chi connectivity index (χ2n) is 18.5. The molecule has 12 heteroatoms. The highest BCUT2D eigenvalue weighted by Crippen LogP contribution is 2.26. The number of ether oxygens (including phenoxy) is 5. The monoisotopic (exact) mass is 949 g/mol. The average Bonchev–Trinajstić information content (AvgIpc) is 3.31. The summed E-state index contributed by atoms with van der Waals surface area (Å²) in [5, 5.41) is 31.3. The van der Waals surface area contributed by atoms with Crippen LogP contribution in [0.4, 0.5) is 0 Å². The molecule has 6 unspecified atom stereocenters. The Kier molecular flexibility index (Phi) is 40.8. The van der Waals surface area contributed by atoms with Crippen LogP contribution >= 0.6 is 0 Å². The second kappa shape index (κ2) is 44.2. The predicted molar refractivity (Wildman–Crippen MR) is 266 cm³/mol. The lowest BCUT2D eigenvalue weighted by Gasteiger charge is -2.40. The van der Waals surface area contributed by atoms with Gasteiger partial charge >= 0.3 is 23.9 Å². The van der Waals surface area contributed by atoms with Crippen LogP contribution in [-0.4, -0.2) is 89.2 Å². The van der Waals surface area contributed by atoms with E-state index in [1.807, 2.05) is 0 Å². The van der Waals surface area contributed by atoms with Gasteiger partial charge in [-0.15, -0.1) is 0 Å². The summed E-state index contributed by atoms with van der Waals surface area (Å²) < 4.78 is 28.3. The molecule has 1 fully saturated rings. The number of hydrogen-bond donors (Lipinski definition) is 3. The molecule has 0 radical (unpaired) electrons. The first kappa shape index (κ1) is 62.0. The van der Waals surface area contributed by atoms with Crippen molar-refractivity contribution in [2.24, 2.45) is 0 Å². The Bertz CT molecular complexity index is 1310. The van der Waals surface area contributed by atoms with Crippen molar-refractivity contribution in [3.05, 3.63) is 36.5 Å². The highest BCUT2D eigenvalue weighted by Gasteiger charge is 2.50. The van der Waals surface area contributed by atoms with Crippen LogP contribution in [-0.2, 0) is 42.9 Å². The molecule has 1 aliphatic rings. The fourth-order valence-corrected chi connectivity index (χ4v) is 7.98. The van der Waals surface area contributed by atoms with Gasteiger partial charge in [-0.1, -0.05) is 179 Å². The van der Waals surface area contributed by atoms with E-state index in [2.05, 4.69) is 57.2 Å². The zero-order valence-electron chi connectivity index (χ0n) is 42.4. The summed E-state index contributed by atoms with van der Waals surface area (Å²) in [4.78, 5) is 50.8. The van der Waals surface area contributed by atoms with Crippen molar-refractivity contribution in [2.75, 3.05) is 13.2 Å². The summed E-state index contributed by atoms with van der Waals surface area (Å²) in [7, 11) is 0. The van der Waals surface area contributed by atoms with E-state index >= 15 is 0 Å². The van der Waals surface area contributed by atoms with E-state index in [-0.39, 0.29) is 25.9 Å². The minimum absolute atomic E-state index is 0.0462. The molecule has 67 heavy (non-hydrogen) atoms. The molecule has 1 saturated heterocycles. The third-order valence-electron chi connectivity index (χ3n) is 12.2. The van der Waals surface area contributed by atoms with Crippen LogP contribution in [0.1, 0.15) is 239 Å². The molecular weight excluding hydrogens is 853 g/mol. The van der Waals surface area contributed by atoms with Gasteiger partial charge in [0.05, 0.1) is 6.61 Å². The predicted octanol–water partition coefficient (Wildman–Crippen LogP) is 12.9. The molecule has 1 aliphatic heterocycles. The Hall–Kier alpha value is -3.06. The van der Waals surface area contributed by atoms with Gasteiger partial charge in [0.2, 0.25) is 0 Å². The number of unbranched alkanes of at least 4 members (excludes halogenated alkanes) is 25. The molecule has 0 aromatic rings. The topological polar surface area (TPSA) is 175 Å². The van der Waals surface area contributed by atoms with Crippen molar-refractivity contribution in [1.82, 2.24) is 0 Å². The molecule has 0 spiro atoms. The molecule has 1 rings (SSSR count). The van der Waals surface area contributed by atoms with Gasteiger partial charge in [-0.05, 0) is 77.0 Å². The van der Waals surface area contributed by atoms with E-state index in [1.54, 1.807) is 0 Å². The van der Waals surface area contributed by atoms with Gasteiger partial charge in [0.1, 0.15) is 18.8 Å². The molecule has 6 atom stereocenters. The lowest BCUT2D eigenvalue weighted by atomic mass is 9.98. The van der Waals surface area contributed by atoms with Crippen molar-refractivity contribution in [1.29, 1.82) is 0 Å². The number of aliphatic hydroxyl groups is 2. The largest absolute Gasteiger partial charge is 0.479 e. The molecular formula is C55H96O12. The number of hydrogen-bond acceptors (Lipinski definition) is 11. The van der Waals surface area contributed by atoms with E-state index in [1.165, 1.54) is 77.0 Å². The van der Waals surface area contributed by atoms with Crippen molar-refractivity contribution in [3.63, 3.8) is 0 Å². The van der Waals surface area contributed by atoms with Crippen molar-refractivity contribution >= 4 is 23.9 Å². The Morgan fingerprint density at radius 3 is 1.40 bits per heavy atom. The SMILES string of the molecule is CCCCC/C=C\C/C=C\CCCCCCCC(=O)OC1C(OCC(COC(=O)CCCCCCC/C=C\CCCCCC)OC(=O)CCCCCCCCCCC)OC(C(=O)O)C(O)C1O. The van der Waals surface area contributed by atoms with Crippen LogP contribution in [0.25, 0.3) is 0 Å².